The summed E-state index contributed by atoms with van der Waals surface area (Å²) in [6.07, 6.45) is 1.68. The number of hydrogen-bond acceptors (Lipinski definition) is 4. The highest BCUT2D eigenvalue weighted by Crippen LogP contribution is 2.14. The summed E-state index contributed by atoms with van der Waals surface area (Å²) in [7, 11) is 0. The van der Waals surface area contributed by atoms with Crippen molar-refractivity contribution in [2.45, 2.75) is 19.5 Å². The van der Waals surface area contributed by atoms with Gasteiger partial charge < -0.3 is 10.1 Å². The zero-order valence-corrected chi connectivity index (χ0v) is 11.3. The van der Waals surface area contributed by atoms with E-state index < -0.39 is 0 Å². The van der Waals surface area contributed by atoms with Gasteiger partial charge in [0.05, 0.1) is 25.8 Å². The molecule has 0 aliphatic carbocycles. The summed E-state index contributed by atoms with van der Waals surface area (Å²) in [5.41, 5.74) is 1.96. The minimum atomic E-state index is -0.228. The quantitative estimate of drug-likeness (QED) is 0.921. The van der Waals surface area contributed by atoms with Crippen LogP contribution in [0.1, 0.15) is 23.0 Å². The van der Waals surface area contributed by atoms with Gasteiger partial charge in [-0.05, 0) is 30.2 Å². The molecule has 1 aliphatic heterocycles. The highest BCUT2D eigenvalue weighted by molar-refractivity contribution is 5.26. The molecule has 0 bridgehead atoms. The van der Waals surface area contributed by atoms with Gasteiger partial charge in [0.15, 0.2) is 5.82 Å². The summed E-state index contributed by atoms with van der Waals surface area (Å²) in [6, 6.07) is 4.82. The van der Waals surface area contributed by atoms with Crippen molar-refractivity contribution >= 4 is 0 Å². The number of rotatable bonds is 3. The lowest BCUT2D eigenvalue weighted by Gasteiger charge is -2.20. The van der Waals surface area contributed by atoms with Crippen LogP contribution in [-0.2, 0) is 11.3 Å². The van der Waals surface area contributed by atoms with E-state index in [9.17, 15) is 4.39 Å². The van der Waals surface area contributed by atoms with Crippen LogP contribution in [0.4, 0.5) is 4.39 Å². The zero-order chi connectivity index (χ0) is 13.9. The lowest BCUT2D eigenvalue weighted by Crippen LogP contribution is -2.35. The van der Waals surface area contributed by atoms with Crippen LogP contribution >= 0.6 is 0 Å². The van der Waals surface area contributed by atoms with Gasteiger partial charge >= 0.3 is 0 Å². The first-order valence-corrected chi connectivity index (χ1v) is 6.68. The van der Waals surface area contributed by atoms with Crippen LogP contribution in [0.5, 0.6) is 0 Å². The van der Waals surface area contributed by atoms with Gasteiger partial charge in [-0.1, -0.05) is 6.07 Å². The maximum absolute atomic E-state index is 13.3. The van der Waals surface area contributed by atoms with E-state index in [-0.39, 0.29) is 11.9 Å². The molecule has 1 aromatic heterocycles. The summed E-state index contributed by atoms with van der Waals surface area (Å²) in [5, 5.41) is 7.75. The first-order chi connectivity index (χ1) is 9.72. The summed E-state index contributed by atoms with van der Waals surface area (Å²) in [5.74, 6) is 0.493. The molecule has 106 valence electrons. The predicted octanol–water partition coefficient (Wildman–Crippen LogP) is 1.43. The van der Waals surface area contributed by atoms with Gasteiger partial charge in [-0.2, -0.15) is 5.10 Å². The van der Waals surface area contributed by atoms with E-state index >= 15 is 0 Å². The molecule has 1 fully saturated rings. The molecule has 1 aliphatic rings. The van der Waals surface area contributed by atoms with Crippen molar-refractivity contribution in [1.82, 2.24) is 20.1 Å². The fourth-order valence-corrected chi connectivity index (χ4v) is 2.26. The Labute approximate surface area is 116 Å². The maximum atomic E-state index is 13.3. The fraction of sp³-hybridized carbons (Fsp3) is 0.429. The molecule has 0 amide bonds. The number of aromatic nitrogens is 3. The Hall–Kier alpha value is -1.79. The minimum Gasteiger partial charge on any atom is -0.378 e. The Kier molecular flexibility index (Phi) is 3.75. The van der Waals surface area contributed by atoms with Gasteiger partial charge in [0.25, 0.3) is 0 Å². The highest BCUT2D eigenvalue weighted by atomic mass is 19.1. The minimum absolute atomic E-state index is 0.0404. The van der Waals surface area contributed by atoms with E-state index in [1.807, 2.05) is 6.92 Å². The van der Waals surface area contributed by atoms with Crippen molar-refractivity contribution < 1.29 is 9.13 Å². The molecule has 5 nitrogen and oxygen atoms in total. The number of morpholine rings is 1. The number of nitrogens with one attached hydrogen (secondary N) is 1. The van der Waals surface area contributed by atoms with Gasteiger partial charge in [0.1, 0.15) is 12.1 Å². The molecule has 1 aromatic carbocycles. The molecule has 0 radical (unpaired) electrons. The van der Waals surface area contributed by atoms with Crippen LogP contribution < -0.4 is 5.32 Å². The number of benzene rings is 1. The smallest absolute Gasteiger partial charge is 0.169 e. The third-order valence-electron chi connectivity index (χ3n) is 3.43. The van der Waals surface area contributed by atoms with Gasteiger partial charge in [0, 0.05) is 6.54 Å². The average molecular weight is 276 g/mol. The van der Waals surface area contributed by atoms with E-state index in [1.54, 1.807) is 23.1 Å². The van der Waals surface area contributed by atoms with Gasteiger partial charge in [-0.15, -0.1) is 0 Å². The Morgan fingerprint density at radius 3 is 3.20 bits per heavy atom. The van der Waals surface area contributed by atoms with Crippen molar-refractivity contribution in [3.8, 4) is 0 Å². The fourth-order valence-electron chi connectivity index (χ4n) is 2.26. The molecule has 0 spiro atoms. The SMILES string of the molecule is Cc1ccc(F)cc1Cn1cnc(C2COCCN2)n1. The van der Waals surface area contributed by atoms with Crippen LogP contribution in [-0.4, -0.2) is 34.5 Å². The molecule has 20 heavy (non-hydrogen) atoms. The standard InChI is InChI=1S/C14H17FN4O/c1-10-2-3-12(15)6-11(10)7-19-9-17-14(18-19)13-8-20-5-4-16-13/h2-3,6,9,13,16H,4-5,7-8H2,1H3. The number of ether oxygens (including phenoxy) is 1. The number of hydrogen-bond donors (Lipinski definition) is 1. The monoisotopic (exact) mass is 276 g/mol. The van der Waals surface area contributed by atoms with Gasteiger partial charge in [-0.25, -0.2) is 14.1 Å². The van der Waals surface area contributed by atoms with E-state index in [1.165, 1.54) is 6.07 Å². The van der Waals surface area contributed by atoms with Crippen LogP contribution in [0.25, 0.3) is 0 Å². The van der Waals surface area contributed by atoms with Crippen LogP contribution in [0.15, 0.2) is 24.5 Å². The molecule has 1 atom stereocenters. The molecule has 1 saturated heterocycles. The van der Waals surface area contributed by atoms with E-state index in [0.717, 1.165) is 30.1 Å². The molecule has 2 aromatic rings. The van der Waals surface area contributed by atoms with Crippen LogP contribution in [0.2, 0.25) is 0 Å². The lowest BCUT2D eigenvalue weighted by atomic mass is 10.1. The summed E-state index contributed by atoms with van der Waals surface area (Å²) in [6.45, 7) is 4.60. The molecule has 3 rings (SSSR count). The summed E-state index contributed by atoms with van der Waals surface area (Å²) < 4.78 is 20.4. The second-order valence-corrected chi connectivity index (χ2v) is 4.95. The first kappa shape index (κ1) is 13.2. The second kappa shape index (κ2) is 5.68. The van der Waals surface area contributed by atoms with Gasteiger partial charge in [-0.3, -0.25) is 0 Å². The van der Waals surface area contributed by atoms with Gasteiger partial charge in [0.2, 0.25) is 0 Å². The Bertz CT molecular complexity index is 593. The molecular weight excluding hydrogens is 259 g/mol. The summed E-state index contributed by atoms with van der Waals surface area (Å²) >= 11 is 0. The Balaban J connectivity index is 1.75. The lowest BCUT2D eigenvalue weighted by molar-refractivity contribution is 0.0742. The molecule has 2 heterocycles. The number of halogens is 1. The highest BCUT2D eigenvalue weighted by Gasteiger charge is 2.19. The van der Waals surface area contributed by atoms with E-state index in [2.05, 4.69) is 15.4 Å². The predicted molar refractivity (Wildman–Crippen MR) is 71.8 cm³/mol. The van der Waals surface area contributed by atoms with Crippen molar-refractivity contribution in [3.05, 3.63) is 47.3 Å². The maximum Gasteiger partial charge on any atom is 0.169 e. The number of aryl methyl sites for hydroxylation is 1. The molecule has 0 saturated carbocycles. The Morgan fingerprint density at radius 2 is 2.40 bits per heavy atom. The van der Waals surface area contributed by atoms with E-state index in [0.29, 0.717) is 13.2 Å². The molecule has 1 unspecified atom stereocenters. The van der Waals surface area contributed by atoms with Crippen molar-refractivity contribution in [2.24, 2.45) is 0 Å². The third-order valence-corrected chi connectivity index (χ3v) is 3.43. The second-order valence-electron chi connectivity index (χ2n) is 4.95. The number of nitrogens with zero attached hydrogens (tertiary/aromatic N) is 3. The molecule has 6 heteroatoms. The first-order valence-electron chi connectivity index (χ1n) is 6.68. The van der Waals surface area contributed by atoms with Crippen molar-refractivity contribution in [2.75, 3.05) is 19.8 Å². The van der Waals surface area contributed by atoms with E-state index in [4.69, 9.17) is 4.74 Å². The van der Waals surface area contributed by atoms with Crippen molar-refractivity contribution in [1.29, 1.82) is 0 Å². The third kappa shape index (κ3) is 2.86. The van der Waals surface area contributed by atoms with Crippen LogP contribution in [0, 0.1) is 12.7 Å². The van der Waals surface area contributed by atoms with Crippen LogP contribution in [0.3, 0.4) is 0 Å². The molecule has 1 N–H and O–H groups in total. The zero-order valence-electron chi connectivity index (χ0n) is 11.3. The largest absolute Gasteiger partial charge is 0.378 e. The summed E-state index contributed by atoms with van der Waals surface area (Å²) in [4.78, 5) is 4.30. The average Bonchev–Trinajstić information content (AvgIpc) is 2.92. The normalized spacial score (nSPS) is 19.2. The molecular formula is C14H17FN4O. The topological polar surface area (TPSA) is 52.0 Å². The Morgan fingerprint density at radius 1 is 1.50 bits per heavy atom. The van der Waals surface area contributed by atoms with Crippen molar-refractivity contribution in [3.63, 3.8) is 0 Å².